The Kier molecular flexibility index (Phi) is 4.07. The summed E-state index contributed by atoms with van der Waals surface area (Å²) < 4.78 is 67.5. The van der Waals surface area contributed by atoms with Crippen molar-refractivity contribution < 1.29 is 26.3 Å². The average Bonchev–Trinajstić information content (AvgIpc) is 2.35. The molecule has 0 aliphatic carbocycles. The maximum atomic E-state index is 12.4. The minimum absolute atomic E-state index is 0.101. The largest absolute Gasteiger partial charge is 0.492 e. The molecule has 0 amide bonds. The quantitative estimate of drug-likeness (QED) is 0.860. The Morgan fingerprint density at radius 3 is 2.67 bits per heavy atom. The van der Waals surface area contributed by atoms with Crippen molar-refractivity contribution in [2.45, 2.75) is 23.9 Å². The lowest BCUT2D eigenvalue weighted by molar-refractivity contribution is -0.134. The number of aryl methyl sites for hydroxylation is 1. The summed E-state index contributed by atoms with van der Waals surface area (Å²) in [5, 5.41) is 0. The standard InChI is InChI=1S/C12H15F3N2O3S/c1-17(7-12(13,14)15)21(18,19)10-6-9(16)5-8-3-2-4-20-11(8)10/h5-6H,2-4,7,16H2,1H3. The van der Waals surface area contributed by atoms with Gasteiger partial charge in [0, 0.05) is 12.7 Å². The van der Waals surface area contributed by atoms with Crippen LogP contribution in [0.1, 0.15) is 12.0 Å². The van der Waals surface area contributed by atoms with Gasteiger partial charge in [0.05, 0.1) is 6.61 Å². The molecule has 0 spiro atoms. The molecule has 1 heterocycles. The highest BCUT2D eigenvalue weighted by Gasteiger charge is 2.36. The molecule has 0 radical (unpaired) electrons. The Bertz CT molecular complexity index is 644. The van der Waals surface area contributed by atoms with Crippen molar-refractivity contribution in [3.05, 3.63) is 17.7 Å². The molecule has 1 aromatic carbocycles. The van der Waals surface area contributed by atoms with Crippen molar-refractivity contribution in [2.24, 2.45) is 0 Å². The van der Waals surface area contributed by atoms with Crippen molar-refractivity contribution in [3.8, 4) is 5.75 Å². The number of hydrogen-bond donors (Lipinski definition) is 1. The first-order valence-corrected chi connectivity index (χ1v) is 7.63. The number of nitrogens with zero attached hydrogens (tertiary/aromatic N) is 1. The third-order valence-corrected chi connectivity index (χ3v) is 4.89. The molecule has 0 bridgehead atoms. The number of alkyl halides is 3. The molecule has 0 saturated heterocycles. The molecular formula is C12H15F3N2O3S. The predicted octanol–water partition coefficient (Wildman–Crippen LogP) is 1.78. The van der Waals surface area contributed by atoms with Crippen molar-refractivity contribution >= 4 is 15.7 Å². The highest BCUT2D eigenvalue weighted by atomic mass is 32.2. The van der Waals surface area contributed by atoms with Gasteiger partial charge in [-0.1, -0.05) is 0 Å². The van der Waals surface area contributed by atoms with Gasteiger partial charge in [0.1, 0.15) is 17.2 Å². The zero-order valence-electron chi connectivity index (χ0n) is 11.3. The summed E-state index contributed by atoms with van der Waals surface area (Å²) in [6.45, 7) is -1.25. The Morgan fingerprint density at radius 2 is 2.05 bits per heavy atom. The van der Waals surface area contributed by atoms with Gasteiger partial charge < -0.3 is 10.5 Å². The van der Waals surface area contributed by atoms with Gasteiger partial charge in [0.15, 0.2) is 0 Å². The Morgan fingerprint density at radius 1 is 1.38 bits per heavy atom. The van der Waals surface area contributed by atoms with Crippen molar-refractivity contribution in [2.75, 3.05) is 25.9 Å². The maximum absolute atomic E-state index is 12.4. The maximum Gasteiger partial charge on any atom is 0.402 e. The molecular weight excluding hydrogens is 309 g/mol. The zero-order chi connectivity index (χ0) is 15.8. The predicted molar refractivity (Wildman–Crippen MR) is 70.5 cm³/mol. The summed E-state index contributed by atoms with van der Waals surface area (Å²) >= 11 is 0. The van der Waals surface area contributed by atoms with Gasteiger partial charge in [-0.15, -0.1) is 0 Å². The van der Waals surface area contributed by atoms with Crippen molar-refractivity contribution in [1.82, 2.24) is 4.31 Å². The summed E-state index contributed by atoms with van der Waals surface area (Å²) in [5.41, 5.74) is 6.42. The summed E-state index contributed by atoms with van der Waals surface area (Å²) in [7, 11) is -3.45. The number of sulfonamides is 1. The van der Waals surface area contributed by atoms with Gasteiger partial charge in [0.25, 0.3) is 0 Å². The second-order valence-electron chi connectivity index (χ2n) is 4.84. The second-order valence-corrected chi connectivity index (χ2v) is 6.85. The van der Waals surface area contributed by atoms with Crippen molar-refractivity contribution in [3.63, 3.8) is 0 Å². The van der Waals surface area contributed by atoms with Gasteiger partial charge >= 0.3 is 6.18 Å². The zero-order valence-corrected chi connectivity index (χ0v) is 12.1. The van der Waals surface area contributed by atoms with Crippen LogP contribution in [-0.4, -0.2) is 39.1 Å². The fraction of sp³-hybridized carbons (Fsp3) is 0.500. The molecule has 0 atom stereocenters. The van der Waals surface area contributed by atoms with Gasteiger partial charge in [-0.05, 0) is 30.5 Å². The van der Waals surface area contributed by atoms with Crippen molar-refractivity contribution in [1.29, 1.82) is 0 Å². The first kappa shape index (κ1) is 15.9. The first-order valence-electron chi connectivity index (χ1n) is 6.19. The number of anilines is 1. The van der Waals surface area contributed by atoms with E-state index in [1.807, 2.05) is 0 Å². The Hall–Kier alpha value is -1.48. The van der Waals surface area contributed by atoms with E-state index >= 15 is 0 Å². The highest BCUT2D eigenvalue weighted by molar-refractivity contribution is 7.89. The van der Waals surface area contributed by atoms with Gasteiger partial charge in [0.2, 0.25) is 10.0 Å². The summed E-state index contributed by atoms with van der Waals surface area (Å²) in [6.07, 6.45) is -3.34. The number of ether oxygens (including phenoxy) is 1. The molecule has 118 valence electrons. The summed E-state index contributed by atoms with van der Waals surface area (Å²) in [5.74, 6) is 0.101. The third kappa shape index (κ3) is 3.41. The number of halogens is 3. The fourth-order valence-corrected chi connectivity index (χ4v) is 3.53. The molecule has 1 aliphatic heterocycles. The Labute approximate surface area is 120 Å². The number of rotatable bonds is 3. The smallest absolute Gasteiger partial charge is 0.402 e. The van der Waals surface area contributed by atoms with Crippen LogP contribution in [0.2, 0.25) is 0 Å². The molecule has 0 aromatic heterocycles. The van der Waals surface area contributed by atoms with Crippen LogP contribution in [0.25, 0.3) is 0 Å². The molecule has 2 N–H and O–H groups in total. The van der Waals surface area contributed by atoms with Gasteiger partial charge in [-0.25, -0.2) is 8.42 Å². The second kappa shape index (κ2) is 5.38. The molecule has 0 unspecified atom stereocenters. The summed E-state index contributed by atoms with van der Waals surface area (Å²) in [4.78, 5) is -0.316. The first-order chi connectivity index (χ1) is 9.61. The Balaban J connectivity index is 2.47. The van der Waals surface area contributed by atoms with Gasteiger partial charge in [-0.3, -0.25) is 0 Å². The lowest BCUT2D eigenvalue weighted by Gasteiger charge is -2.24. The molecule has 1 aromatic rings. The summed E-state index contributed by atoms with van der Waals surface area (Å²) in [6, 6.07) is 2.71. The lowest BCUT2D eigenvalue weighted by Crippen LogP contribution is -2.36. The molecule has 1 aliphatic rings. The molecule has 2 rings (SSSR count). The normalized spacial score (nSPS) is 15.7. The van der Waals surface area contributed by atoms with E-state index in [0.717, 1.165) is 13.1 Å². The van der Waals surface area contributed by atoms with Crippen LogP contribution in [0.3, 0.4) is 0 Å². The SMILES string of the molecule is CN(CC(F)(F)F)S(=O)(=O)c1cc(N)cc2c1OCCC2. The third-order valence-electron chi connectivity index (χ3n) is 3.08. The molecule has 9 heteroatoms. The number of fused-ring (bicyclic) bond motifs is 1. The molecule has 5 nitrogen and oxygen atoms in total. The minimum Gasteiger partial charge on any atom is -0.492 e. The molecule has 21 heavy (non-hydrogen) atoms. The number of nitrogen functional groups attached to an aromatic ring is 1. The van der Waals surface area contributed by atoms with E-state index in [1.165, 1.54) is 0 Å². The van der Waals surface area contributed by atoms with Crippen LogP contribution in [0.15, 0.2) is 17.0 Å². The lowest BCUT2D eigenvalue weighted by atomic mass is 10.1. The van der Waals surface area contributed by atoms with Crippen LogP contribution in [0.5, 0.6) is 5.75 Å². The van der Waals surface area contributed by atoms with E-state index in [-0.39, 0.29) is 20.6 Å². The number of benzene rings is 1. The molecule has 0 saturated carbocycles. The van der Waals surface area contributed by atoms with E-state index in [2.05, 4.69) is 0 Å². The van der Waals surface area contributed by atoms with E-state index in [0.29, 0.717) is 25.0 Å². The number of hydrogen-bond acceptors (Lipinski definition) is 4. The van der Waals surface area contributed by atoms with E-state index in [9.17, 15) is 21.6 Å². The highest BCUT2D eigenvalue weighted by Crippen LogP contribution is 2.36. The van der Waals surface area contributed by atoms with E-state index in [1.54, 1.807) is 6.07 Å². The minimum atomic E-state index is -4.62. The van der Waals surface area contributed by atoms with Gasteiger partial charge in [-0.2, -0.15) is 17.5 Å². The van der Waals surface area contributed by atoms with Crippen LogP contribution in [-0.2, 0) is 16.4 Å². The monoisotopic (exact) mass is 324 g/mol. The van der Waals surface area contributed by atoms with E-state index in [4.69, 9.17) is 10.5 Å². The van der Waals surface area contributed by atoms with Crippen LogP contribution in [0.4, 0.5) is 18.9 Å². The van der Waals surface area contributed by atoms with Crippen LogP contribution in [0, 0.1) is 0 Å². The average molecular weight is 324 g/mol. The molecule has 0 fully saturated rings. The number of nitrogens with two attached hydrogens (primary N) is 1. The topological polar surface area (TPSA) is 72.6 Å². The van der Waals surface area contributed by atoms with Crippen LogP contribution >= 0.6 is 0 Å². The fourth-order valence-electron chi connectivity index (χ4n) is 2.17. The van der Waals surface area contributed by atoms with Crippen LogP contribution < -0.4 is 10.5 Å². The van der Waals surface area contributed by atoms with E-state index < -0.39 is 22.7 Å².